The molecule has 7 nitrogen and oxygen atoms in total. The van der Waals surface area contributed by atoms with Crippen molar-refractivity contribution in [2.45, 2.75) is 0 Å². The summed E-state index contributed by atoms with van der Waals surface area (Å²) in [6.07, 6.45) is 1.70. The van der Waals surface area contributed by atoms with E-state index in [0.717, 1.165) is 27.9 Å². The van der Waals surface area contributed by atoms with Gasteiger partial charge in [0.05, 0.1) is 21.7 Å². The Balaban J connectivity index is 1.90. The highest BCUT2D eigenvalue weighted by atomic mass is 79.9. The predicted molar refractivity (Wildman–Crippen MR) is 105 cm³/mol. The number of carboxylic acid groups (broad SMARTS) is 2. The minimum Gasteiger partial charge on any atom is -0.478 e. The van der Waals surface area contributed by atoms with Crippen molar-refractivity contribution in [3.63, 3.8) is 0 Å². The predicted octanol–water partition coefficient (Wildman–Crippen LogP) is 3.74. The summed E-state index contributed by atoms with van der Waals surface area (Å²) in [6.45, 7) is 0. The number of hydrogen-bond donors (Lipinski definition) is 3. The molecule has 1 aliphatic rings. The first kappa shape index (κ1) is 18.9. The van der Waals surface area contributed by atoms with E-state index in [-0.39, 0.29) is 27.9 Å². The average Bonchev–Trinajstić information content (AvgIpc) is 2.95. The highest BCUT2D eigenvalue weighted by Gasteiger charge is 2.24. The fourth-order valence-electron chi connectivity index (χ4n) is 2.23. The van der Waals surface area contributed by atoms with Crippen molar-refractivity contribution < 1.29 is 24.6 Å². The molecule has 3 N–H and O–H groups in total. The molecule has 1 fully saturated rings. The Morgan fingerprint density at radius 1 is 1.04 bits per heavy atom. The number of aromatic carboxylic acids is 2. The van der Waals surface area contributed by atoms with Gasteiger partial charge in [0, 0.05) is 4.47 Å². The molecule has 0 bridgehead atoms. The number of rotatable bonds is 4. The van der Waals surface area contributed by atoms with E-state index in [1.807, 2.05) is 24.3 Å². The monoisotopic (exact) mass is 446 g/mol. The first-order valence-electron chi connectivity index (χ1n) is 7.48. The topological polar surface area (TPSA) is 116 Å². The lowest BCUT2D eigenvalue weighted by molar-refractivity contribution is -0.115. The summed E-state index contributed by atoms with van der Waals surface area (Å²) in [5.41, 5.74) is 0.557. The number of aliphatic imine (C=N–C) groups is 1. The van der Waals surface area contributed by atoms with Crippen molar-refractivity contribution in [3.8, 4) is 0 Å². The van der Waals surface area contributed by atoms with E-state index in [9.17, 15) is 14.4 Å². The van der Waals surface area contributed by atoms with Gasteiger partial charge in [-0.05, 0) is 53.7 Å². The maximum atomic E-state index is 12.1. The quantitative estimate of drug-likeness (QED) is 0.615. The molecule has 2 aromatic rings. The molecule has 0 unspecified atom stereocenters. The molecule has 1 saturated heterocycles. The van der Waals surface area contributed by atoms with Gasteiger partial charge in [-0.1, -0.05) is 28.1 Å². The Kier molecular flexibility index (Phi) is 5.43. The second kappa shape index (κ2) is 7.77. The molecule has 0 radical (unpaired) electrons. The van der Waals surface area contributed by atoms with Crippen LogP contribution in [0.4, 0.5) is 5.69 Å². The van der Waals surface area contributed by atoms with Crippen LogP contribution in [0.2, 0.25) is 0 Å². The average molecular weight is 447 g/mol. The van der Waals surface area contributed by atoms with Gasteiger partial charge in [0.15, 0.2) is 5.17 Å². The highest BCUT2D eigenvalue weighted by Crippen LogP contribution is 2.29. The van der Waals surface area contributed by atoms with Gasteiger partial charge < -0.3 is 15.5 Å². The molecule has 0 saturated carbocycles. The molecule has 1 heterocycles. The Morgan fingerprint density at radius 3 is 2.19 bits per heavy atom. The minimum atomic E-state index is -1.27. The first-order valence-corrected chi connectivity index (χ1v) is 9.09. The van der Waals surface area contributed by atoms with Crippen LogP contribution in [0.1, 0.15) is 26.3 Å². The van der Waals surface area contributed by atoms with Crippen molar-refractivity contribution in [2.75, 3.05) is 0 Å². The maximum absolute atomic E-state index is 12.1. The van der Waals surface area contributed by atoms with E-state index in [1.54, 1.807) is 6.08 Å². The normalized spacial score (nSPS) is 16.6. The van der Waals surface area contributed by atoms with Crippen molar-refractivity contribution in [1.29, 1.82) is 0 Å². The molecular formula is C18H11BrN2O5S. The summed E-state index contributed by atoms with van der Waals surface area (Å²) in [6, 6.07) is 10.9. The Hall–Kier alpha value is -2.91. The molecule has 0 aliphatic carbocycles. The summed E-state index contributed by atoms with van der Waals surface area (Å²) in [5.74, 6) is -2.87. The third-order valence-electron chi connectivity index (χ3n) is 3.46. The lowest BCUT2D eigenvalue weighted by Crippen LogP contribution is -2.19. The van der Waals surface area contributed by atoms with Crippen LogP contribution in [0.3, 0.4) is 0 Å². The number of thioether (sulfide) groups is 1. The van der Waals surface area contributed by atoms with Crippen LogP contribution in [-0.4, -0.2) is 33.2 Å². The van der Waals surface area contributed by atoms with Crippen LogP contribution >= 0.6 is 27.7 Å². The highest BCUT2D eigenvalue weighted by molar-refractivity contribution is 9.10. The molecule has 0 atom stereocenters. The van der Waals surface area contributed by atoms with E-state index < -0.39 is 11.9 Å². The van der Waals surface area contributed by atoms with Gasteiger partial charge in [0.25, 0.3) is 5.91 Å². The van der Waals surface area contributed by atoms with Crippen LogP contribution in [0.25, 0.3) is 6.08 Å². The first-order chi connectivity index (χ1) is 12.8. The molecule has 1 aliphatic heterocycles. The van der Waals surface area contributed by atoms with Crippen LogP contribution in [-0.2, 0) is 4.79 Å². The molecule has 9 heteroatoms. The Morgan fingerprint density at radius 2 is 1.63 bits per heavy atom. The van der Waals surface area contributed by atoms with Gasteiger partial charge in [-0.25, -0.2) is 14.6 Å². The number of amidine groups is 1. The van der Waals surface area contributed by atoms with Gasteiger partial charge in [0.2, 0.25) is 0 Å². The Bertz CT molecular complexity index is 983. The standard InChI is InChI=1S/C18H11BrN2O5S/c19-12-3-1-9(2-4-12)5-14-15(22)21-18(27-14)20-13-7-10(16(23)24)6-11(8-13)17(25)26/h1-8H,(H,23,24)(H,25,26)(H,20,21,22)/b14-5-. The lowest BCUT2D eigenvalue weighted by atomic mass is 10.1. The van der Waals surface area contributed by atoms with Gasteiger partial charge in [-0.15, -0.1) is 0 Å². The minimum absolute atomic E-state index is 0.125. The zero-order chi connectivity index (χ0) is 19.6. The molecule has 1 amide bonds. The van der Waals surface area contributed by atoms with Gasteiger partial charge >= 0.3 is 11.9 Å². The van der Waals surface area contributed by atoms with Gasteiger partial charge in [-0.3, -0.25) is 4.79 Å². The second-order valence-electron chi connectivity index (χ2n) is 5.41. The largest absolute Gasteiger partial charge is 0.478 e. The number of benzene rings is 2. The summed E-state index contributed by atoms with van der Waals surface area (Å²) in [7, 11) is 0. The van der Waals surface area contributed by atoms with Crippen molar-refractivity contribution in [2.24, 2.45) is 4.99 Å². The summed E-state index contributed by atoms with van der Waals surface area (Å²) in [5, 5.41) is 21.1. The van der Waals surface area contributed by atoms with Crippen molar-refractivity contribution in [1.82, 2.24) is 5.32 Å². The molecule has 136 valence electrons. The summed E-state index contributed by atoms with van der Waals surface area (Å²) in [4.78, 5) is 39.0. The van der Waals surface area contributed by atoms with E-state index in [4.69, 9.17) is 10.2 Å². The molecule has 27 heavy (non-hydrogen) atoms. The van der Waals surface area contributed by atoms with Crippen LogP contribution in [0, 0.1) is 0 Å². The number of halogens is 1. The maximum Gasteiger partial charge on any atom is 0.335 e. The molecule has 0 aromatic heterocycles. The fourth-order valence-corrected chi connectivity index (χ4v) is 3.34. The number of carbonyl (C=O) groups excluding carboxylic acids is 1. The zero-order valence-electron chi connectivity index (χ0n) is 13.5. The van der Waals surface area contributed by atoms with Gasteiger partial charge in [0.1, 0.15) is 0 Å². The molecule has 0 spiro atoms. The molecular weight excluding hydrogens is 436 g/mol. The smallest absolute Gasteiger partial charge is 0.335 e. The number of hydrogen-bond acceptors (Lipinski definition) is 5. The van der Waals surface area contributed by atoms with E-state index >= 15 is 0 Å². The number of nitrogens with zero attached hydrogens (tertiary/aromatic N) is 1. The Labute approximate surface area is 165 Å². The van der Waals surface area contributed by atoms with E-state index in [0.29, 0.717) is 4.91 Å². The summed E-state index contributed by atoms with van der Waals surface area (Å²) < 4.78 is 0.919. The molecule has 2 aromatic carbocycles. The summed E-state index contributed by atoms with van der Waals surface area (Å²) >= 11 is 4.43. The lowest BCUT2D eigenvalue weighted by Gasteiger charge is -2.02. The SMILES string of the molecule is O=C1NC(=Nc2cc(C(=O)O)cc(C(=O)O)c2)S/C1=C\c1ccc(Br)cc1. The van der Waals surface area contributed by atoms with Gasteiger partial charge in [-0.2, -0.15) is 0 Å². The molecule has 3 rings (SSSR count). The van der Waals surface area contributed by atoms with Crippen LogP contribution in [0.15, 0.2) is 56.8 Å². The van der Waals surface area contributed by atoms with Crippen molar-refractivity contribution >= 4 is 62.5 Å². The zero-order valence-corrected chi connectivity index (χ0v) is 15.9. The fraction of sp³-hybridized carbons (Fsp3) is 0. The second-order valence-corrected chi connectivity index (χ2v) is 7.36. The number of carbonyl (C=O) groups is 3. The number of nitrogens with one attached hydrogen (secondary N) is 1. The number of carboxylic acids is 2. The van der Waals surface area contributed by atoms with E-state index in [2.05, 4.69) is 26.2 Å². The van der Waals surface area contributed by atoms with Crippen molar-refractivity contribution in [3.05, 3.63) is 68.5 Å². The third kappa shape index (κ3) is 4.63. The van der Waals surface area contributed by atoms with Crippen LogP contribution in [0.5, 0.6) is 0 Å². The van der Waals surface area contributed by atoms with E-state index in [1.165, 1.54) is 12.1 Å². The number of amides is 1. The van der Waals surface area contributed by atoms with Crippen LogP contribution < -0.4 is 5.32 Å². The third-order valence-corrected chi connectivity index (χ3v) is 4.90.